The first-order valence-corrected chi connectivity index (χ1v) is 6.30. The van der Waals surface area contributed by atoms with Gasteiger partial charge in [-0.2, -0.15) is 0 Å². The summed E-state index contributed by atoms with van der Waals surface area (Å²) < 4.78 is 0. The minimum atomic E-state index is 0.0324. The molecule has 0 aliphatic heterocycles. The molecule has 0 heterocycles. The van der Waals surface area contributed by atoms with Crippen molar-refractivity contribution in [3.8, 4) is 0 Å². The molecule has 2 atom stereocenters. The van der Waals surface area contributed by atoms with Crippen LogP contribution in [0.2, 0.25) is 5.02 Å². The van der Waals surface area contributed by atoms with Crippen LogP contribution in [-0.4, -0.2) is 36.2 Å². The summed E-state index contributed by atoms with van der Waals surface area (Å²) in [4.78, 5) is 2.07. The van der Waals surface area contributed by atoms with E-state index in [1.807, 2.05) is 31.3 Å². The molecule has 0 aromatic heterocycles. The number of halogens is 1. The molecule has 0 saturated heterocycles. The van der Waals surface area contributed by atoms with Gasteiger partial charge in [0.1, 0.15) is 0 Å². The van der Waals surface area contributed by atoms with Gasteiger partial charge in [-0.05, 0) is 31.2 Å². The van der Waals surface area contributed by atoms with Crippen LogP contribution in [0.25, 0.3) is 0 Å². The predicted molar refractivity (Wildman–Crippen MR) is 72.2 cm³/mol. The molecule has 3 N–H and O–H groups in total. The average molecular weight is 257 g/mol. The van der Waals surface area contributed by atoms with Gasteiger partial charge in [-0.3, -0.25) is 4.90 Å². The van der Waals surface area contributed by atoms with Crippen molar-refractivity contribution in [2.75, 3.05) is 20.2 Å². The summed E-state index contributed by atoms with van der Waals surface area (Å²) in [5.41, 5.74) is 7.26. The van der Waals surface area contributed by atoms with Crippen LogP contribution >= 0.6 is 11.6 Å². The van der Waals surface area contributed by atoms with Gasteiger partial charge in [0.15, 0.2) is 0 Å². The van der Waals surface area contributed by atoms with Crippen LogP contribution in [0.5, 0.6) is 0 Å². The maximum Gasteiger partial charge on any atom is 0.0558 e. The minimum Gasteiger partial charge on any atom is -0.395 e. The molecule has 0 radical (unpaired) electrons. The van der Waals surface area contributed by atoms with Crippen LogP contribution in [0, 0.1) is 0 Å². The molecule has 1 rings (SSSR count). The SMILES string of the molecule is CCC(N)C(c1cccc(Cl)c1)N(C)CCO. The van der Waals surface area contributed by atoms with Crippen molar-refractivity contribution in [2.45, 2.75) is 25.4 Å². The van der Waals surface area contributed by atoms with E-state index in [9.17, 15) is 0 Å². The molecule has 0 fully saturated rings. The van der Waals surface area contributed by atoms with Gasteiger partial charge >= 0.3 is 0 Å². The first kappa shape index (κ1) is 14.5. The van der Waals surface area contributed by atoms with Gasteiger partial charge in [-0.25, -0.2) is 0 Å². The fourth-order valence-electron chi connectivity index (χ4n) is 2.04. The molecule has 0 bridgehead atoms. The zero-order valence-corrected chi connectivity index (χ0v) is 11.2. The van der Waals surface area contributed by atoms with E-state index in [1.54, 1.807) is 0 Å². The van der Waals surface area contributed by atoms with Crippen molar-refractivity contribution in [3.63, 3.8) is 0 Å². The zero-order valence-electron chi connectivity index (χ0n) is 10.4. The molecule has 1 aromatic carbocycles. The molecular weight excluding hydrogens is 236 g/mol. The topological polar surface area (TPSA) is 49.5 Å². The van der Waals surface area contributed by atoms with Crippen molar-refractivity contribution in [1.82, 2.24) is 4.90 Å². The molecule has 4 heteroatoms. The summed E-state index contributed by atoms with van der Waals surface area (Å²) in [5.74, 6) is 0. The van der Waals surface area contributed by atoms with Gasteiger partial charge in [0.25, 0.3) is 0 Å². The van der Waals surface area contributed by atoms with Crippen LogP contribution in [0.15, 0.2) is 24.3 Å². The summed E-state index contributed by atoms with van der Waals surface area (Å²) in [6.07, 6.45) is 0.882. The van der Waals surface area contributed by atoms with E-state index in [2.05, 4.69) is 11.8 Å². The molecule has 2 unspecified atom stereocenters. The third-order valence-corrected chi connectivity index (χ3v) is 3.23. The molecule has 0 spiro atoms. The number of rotatable bonds is 6. The largest absolute Gasteiger partial charge is 0.395 e. The Morgan fingerprint density at radius 2 is 2.18 bits per heavy atom. The summed E-state index contributed by atoms with van der Waals surface area (Å²) in [6.45, 7) is 2.80. The summed E-state index contributed by atoms with van der Waals surface area (Å²) in [6, 6.07) is 7.87. The maximum atomic E-state index is 9.03. The second-order valence-corrected chi connectivity index (χ2v) is 4.71. The third kappa shape index (κ3) is 3.96. The van der Waals surface area contributed by atoms with Crippen LogP contribution in [-0.2, 0) is 0 Å². The lowest BCUT2D eigenvalue weighted by molar-refractivity contribution is 0.162. The third-order valence-electron chi connectivity index (χ3n) is 2.99. The molecule has 96 valence electrons. The number of nitrogens with zero attached hydrogens (tertiary/aromatic N) is 1. The molecule has 0 aliphatic carbocycles. The van der Waals surface area contributed by atoms with Crippen molar-refractivity contribution >= 4 is 11.6 Å². The standard InChI is InChI=1S/C13H21ClN2O/c1-3-12(15)13(16(2)7-8-17)10-5-4-6-11(14)9-10/h4-6,9,12-13,17H,3,7-8,15H2,1-2H3. The Labute approximate surface area is 108 Å². The van der Waals surface area contributed by atoms with Crippen molar-refractivity contribution in [1.29, 1.82) is 0 Å². The van der Waals surface area contributed by atoms with Crippen LogP contribution in [0.4, 0.5) is 0 Å². The molecule has 0 amide bonds. The Bertz CT molecular complexity index is 346. The molecule has 3 nitrogen and oxygen atoms in total. The predicted octanol–water partition coefficient (Wildman–Crippen LogP) is 2.04. The Morgan fingerprint density at radius 3 is 2.71 bits per heavy atom. The van der Waals surface area contributed by atoms with Crippen LogP contribution in [0.1, 0.15) is 24.9 Å². The lowest BCUT2D eigenvalue weighted by Gasteiger charge is -2.32. The monoisotopic (exact) mass is 256 g/mol. The van der Waals surface area contributed by atoms with Crippen LogP contribution in [0.3, 0.4) is 0 Å². The number of hydrogen-bond acceptors (Lipinski definition) is 3. The number of hydrogen-bond donors (Lipinski definition) is 2. The van der Waals surface area contributed by atoms with E-state index in [0.717, 1.165) is 12.0 Å². The fourth-order valence-corrected chi connectivity index (χ4v) is 2.24. The lowest BCUT2D eigenvalue weighted by Crippen LogP contribution is -2.40. The second kappa shape index (κ2) is 6.97. The molecule has 0 saturated carbocycles. The van der Waals surface area contributed by atoms with Gasteiger partial charge in [0.2, 0.25) is 0 Å². The number of aliphatic hydroxyl groups is 1. The molecular formula is C13H21ClN2O. The van der Waals surface area contributed by atoms with E-state index in [0.29, 0.717) is 11.6 Å². The van der Waals surface area contributed by atoms with E-state index in [1.165, 1.54) is 0 Å². The van der Waals surface area contributed by atoms with Crippen LogP contribution < -0.4 is 5.73 Å². The summed E-state index contributed by atoms with van der Waals surface area (Å²) in [5, 5.41) is 9.75. The minimum absolute atomic E-state index is 0.0324. The van der Waals surface area contributed by atoms with Gasteiger partial charge in [0, 0.05) is 23.7 Å². The van der Waals surface area contributed by atoms with Gasteiger partial charge < -0.3 is 10.8 Å². The number of likely N-dealkylation sites (N-methyl/N-ethyl adjacent to an activating group) is 1. The highest BCUT2D eigenvalue weighted by atomic mass is 35.5. The first-order valence-electron chi connectivity index (χ1n) is 5.92. The second-order valence-electron chi connectivity index (χ2n) is 4.28. The Kier molecular flexibility index (Phi) is 5.92. The quantitative estimate of drug-likeness (QED) is 0.819. The van der Waals surface area contributed by atoms with Gasteiger partial charge in [-0.15, -0.1) is 0 Å². The molecule has 1 aromatic rings. The number of benzene rings is 1. The van der Waals surface area contributed by atoms with Crippen molar-refractivity contribution in [2.24, 2.45) is 5.73 Å². The first-order chi connectivity index (χ1) is 8.10. The molecule has 17 heavy (non-hydrogen) atoms. The highest BCUT2D eigenvalue weighted by Gasteiger charge is 2.22. The highest BCUT2D eigenvalue weighted by molar-refractivity contribution is 6.30. The Balaban J connectivity index is 2.97. The highest BCUT2D eigenvalue weighted by Crippen LogP contribution is 2.25. The average Bonchev–Trinajstić information content (AvgIpc) is 2.29. The number of nitrogens with two attached hydrogens (primary N) is 1. The van der Waals surface area contributed by atoms with E-state index in [4.69, 9.17) is 22.4 Å². The summed E-state index contributed by atoms with van der Waals surface area (Å²) in [7, 11) is 1.97. The Morgan fingerprint density at radius 1 is 1.47 bits per heavy atom. The zero-order chi connectivity index (χ0) is 12.8. The molecule has 0 aliphatic rings. The lowest BCUT2D eigenvalue weighted by atomic mass is 9.97. The van der Waals surface area contributed by atoms with E-state index in [-0.39, 0.29) is 18.7 Å². The number of aliphatic hydroxyl groups excluding tert-OH is 1. The van der Waals surface area contributed by atoms with Gasteiger partial charge in [-0.1, -0.05) is 30.7 Å². The normalized spacial score (nSPS) is 14.9. The summed E-state index contributed by atoms with van der Waals surface area (Å²) >= 11 is 6.01. The fraction of sp³-hybridized carbons (Fsp3) is 0.538. The van der Waals surface area contributed by atoms with E-state index >= 15 is 0 Å². The van der Waals surface area contributed by atoms with Crippen molar-refractivity contribution in [3.05, 3.63) is 34.9 Å². The van der Waals surface area contributed by atoms with Crippen molar-refractivity contribution < 1.29 is 5.11 Å². The smallest absolute Gasteiger partial charge is 0.0558 e. The maximum absolute atomic E-state index is 9.03. The van der Waals surface area contributed by atoms with E-state index < -0.39 is 0 Å². The van der Waals surface area contributed by atoms with Gasteiger partial charge in [0.05, 0.1) is 6.61 Å². The Hall–Kier alpha value is -0.610.